The van der Waals surface area contributed by atoms with Crippen LogP contribution in [0.15, 0.2) is 66.0 Å². The van der Waals surface area contributed by atoms with E-state index >= 15 is 0 Å². The van der Waals surface area contributed by atoms with Crippen LogP contribution in [-0.4, -0.2) is 20.7 Å². The summed E-state index contributed by atoms with van der Waals surface area (Å²) >= 11 is 1.56. The smallest absolute Gasteiger partial charge is 0.272 e. The van der Waals surface area contributed by atoms with Gasteiger partial charge in [-0.2, -0.15) is 5.10 Å². The molecular formula is C23H20N4OS. The van der Waals surface area contributed by atoms with Crippen molar-refractivity contribution >= 4 is 17.2 Å². The average molecular weight is 401 g/mol. The molecule has 4 aromatic rings. The highest BCUT2D eigenvalue weighted by Crippen LogP contribution is 2.28. The zero-order valence-corrected chi connectivity index (χ0v) is 16.7. The molecule has 6 heteroatoms. The van der Waals surface area contributed by atoms with Crippen LogP contribution in [0, 0.1) is 0 Å². The largest absolute Gasteiger partial charge is 0.344 e. The summed E-state index contributed by atoms with van der Waals surface area (Å²) in [6, 6.07) is 20.1. The number of carbonyl (C=O) groups is 1. The maximum atomic E-state index is 12.9. The first-order valence-electron chi connectivity index (χ1n) is 9.74. The van der Waals surface area contributed by atoms with E-state index in [1.54, 1.807) is 11.3 Å². The summed E-state index contributed by atoms with van der Waals surface area (Å²) in [5.74, 6) is -0.130. The van der Waals surface area contributed by atoms with Gasteiger partial charge in [-0.3, -0.25) is 4.79 Å². The van der Waals surface area contributed by atoms with Gasteiger partial charge in [0.1, 0.15) is 5.01 Å². The first-order chi connectivity index (χ1) is 14.3. The molecule has 1 amide bonds. The lowest BCUT2D eigenvalue weighted by molar-refractivity contribution is 0.0944. The summed E-state index contributed by atoms with van der Waals surface area (Å²) < 4.78 is 1.92. The van der Waals surface area contributed by atoms with Crippen LogP contribution in [0.4, 0.5) is 0 Å². The third kappa shape index (κ3) is 3.47. The normalized spacial score (nSPS) is 12.7. The Labute approximate surface area is 173 Å². The van der Waals surface area contributed by atoms with Crippen molar-refractivity contribution in [1.29, 1.82) is 0 Å². The number of rotatable bonds is 5. The Bertz CT molecular complexity index is 1150. The second-order valence-corrected chi connectivity index (χ2v) is 7.99. The number of nitrogens with zero attached hydrogens (tertiary/aromatic N) is 3. The summed E-state index contributed by atoms with van der Waals surface area (Å²) in [7, 11) is 0. The molecule has 0 bridgehead atoms. The Morgan fingerprint density at radius 3 is 2.59 bits per heavy atom. The van der Waals surface area contributed by atoms with Crippen LogP contribution in [0.5, 0.6) is 0 Å². The van der Waals surface area contributed by atoms with E-state index in [0.29, 0.717) is 12.2 Å². The molecule has 0 atom stereocenters. The second-order valence-electron chi connectivity index (χ2n) is 7.05. The second kappa shape index (κ2) is 7.64. The molecule has 0 aliphatic heterocycles. The molecular weight excluding hydrogens is 380 g/mol. The minimum atomic E-state index is -0.130. The molecule has 0 radical (unpaired) electrons. The van der Waals surface area contributed by atoms with E-state index in [1.807, 2.05) is 70.7 Å². The number of fused-ring (bicyclic) bond motifs is 1. The summed E-state index contributed by atoms with van der Waals surface area (Å²) in [4.78, 5) is 17.5. The van der Waals surface area contributed by atoms with Crippen LogP contribution >= 0.6 is 11.3 Å². The van der Waals surface area contributed by atoms with E-state index in [0.717, 1.165) is 52.5 Å². The molecule has 5 rings (SSSR count). The topological polar surface area (TPSA) is 59.8 Å². The molecule has 2 aromatic heterocycles. The first-order valence-corrected chi connectivity index (χ1v) is 10.6. The van der Waals surface area contributed by atoms with E-state index in [2.05, 4.69) is 15.4 Å². The maximum absolute atomic E-state index is 12.9. The molecule has 144 valence electrons. The van der Waals surface area contributed by atoms with Gasteiger partial charge in [-0.25, -0.2) is 9.67 Å². The number of carbonyl (C=O) groups excluding carboxylic acids is 1. The fraction of sp³-hybridized carbons (Fsp3) is 0.174. The third-order valence-corrected chi connectivity index (χ3v) is 6.02. The van der Waals surface area contributed by atoms with E-state index in [-0.39, 0.29) is 5.91 Å². The number of hydrogen-bond donors (Lipinski definition) is 1. The van der Waals surface area contributed by atoms with Gasteiger partial charge in [0.2, 0.25) is 0 Å². The number of para-hydroxylation sites is 1. The van der Waals surface area contributed by atoms with Gasteiger partial charge in [-0.15, -0.1) is 11.3 Å². The highest BCUT2D eigenvalue weighted by atomic mass is 32.1. The van der Waals surface area contributed by atoms with Crippen LogP contribution < -0.4 is 5.32 Å². The Balaban J connectivity index is 1.34. The van der Waals surface area contributed by atoms with E-state index in [4.69, 9.17) is 0 Å². The summed E-state index contributed by atoms with van der Waals surface area (Å²) in [6.45, 7) is 0.406. The monoisotopic (exact) mass is 400 g/mol. The maximum Gasteiger partial charge on any atom is 0.272 e. The van der Waals surface area contributed by atoms with Crippen molar-refractivity contribution in [2.24, 2.45) is 0 Å². The average Bonchev–Trinajstić information content (AvgIpc) is 3.50. The molecule has 2 aromatic carbocycles. The lowest BCUT2D eigenvalue weighted by Crippen LogP contribution is -2.24. The first kappa shape index (κ1) is 17.8. The van der Waals surface area contributed by atoms with Gasteiger partial charge >= 0.3 is 0 Å². The van der Waals surface area contributed by atoms with Crippen molar-refractivity contribution in [1.82, 2.24) is 20.1 Å². The van der Waals surface area contributed by atoms with Crippen molar-refractivity contribution in [3.05, 3.63) is 88.0 Å². The predicted octanol–water partition coefficient (Wildman–Crippen LogP) is 4.41. The van der Waals surface area contributed by atoms with Crippen molar-refractivity contribution in [3.63, 3.8) is 0 Å². The minimum absolute atomic E-state index is 0.130. The number of thiazole rings is 1. The quantitative estimate of drug-likeness (QED) is 0.540. The van der Waals surface area contributed by atoms with E-state index in [1.165, 1.54) is 0 Å². The van der Waals surface area contributed by atoms with Crippen molar-refractivity contribution in [2.75, 3.05) is 0 Å². The zero-order chi connectivity index (χ0) is 19.6. The van der Waals surface area contributed by atoms with Crippen molar-refractivity contribution in [3.8, 4) is 16.9 Å². The number of hydrogen-bond acceptors (Lipinski definition) is 4. The summed E-state index contributed by atoms with van der Waals surface area (Å²) in [5, 5.41) is 10.6. The van der Waals surface area contributed by atoms with Gasteiger partial charge < -0.3 is 5.32 Å². The zero-order valence-electron chi connectivity index (χ0n) is 15.8. The van der Waals surface area contributed by atoms with Gasteiger partial charge in [-0.1, -0.05) is 48.5 Å². The molecule has 0 fully saturated rings. The molecule has 2 heterocycles. The molecule has 1 N–H and O–H groups in total. The molecule has 1 aliphatic carbocycles. The van der Waals surface area contributed by atoms with E-state index in [9.17, 15) is 4.79 Å². The number of amides is 1. The fourth-order valence-electron chi connectivity index (χ4n) is 3.78. The number of aromatic nitrogens is 3. The van der Waals surface area contributed by atoms with Crippen LogP contribution in [0.3, 0.4) is 0 Å². The third-order valence-electron chi connectivity index (χ3n) is 5.17. The van der Waals surface area contributed by atoms with Gasteiger partial charge in [0.05, 0.1) is 17.9 Å². The highest BCUT2D eigenvalue weighted by Gasteiger charge is 2.26. The Morgan fingerprint density at radius 2 is 1.79 bits per heavy atom. The van der Waals surface area contributed by atoms with Gasteiger partial charge in [0.15, 0.2) is 5.69 Å². The van der Waals surface area contributed by atoms with Gasteiger partial charge in [0.25, 0.3) is 5.91 Å². The van der Waals surface area contributed by atoms with Crippen LogP contribution in [0.2, 0.25) is 0 Å². The SMILES string of the molecule is O=C(NCc1nc(-c2ccccc2)cs1)c1nn(-c2ccccc2)c2c1CCC2. The van der Waals surface area contributed by atoms with Crippen molar-refractivity contribution < 1.29 is 4.79 Å². The Kier molecular flexibility index (Phi) is 4.69. The van der Waals surface area contributed by atoms with Crippen LogP contribution in [-0.2, 0) is 19.4 Å². The van der Waals surface area contributed by atoms with E-state index < -0.39 is 0 Å². The minimum Gasteiger partial charge on any atom is -0.344 e. The number of benzene rings is 2. The Morgan fingerprint density at radius 1 is 1.03 bits per heavy atom. The highest BCUT2D eigenvalue weighted by molar-refractivity contribution is 7.09. The molecule has 5 nitrogen and oxygen atoms in total. The van der Waals surface area contributed by atoms with Crippen LogP contribution in [0.25, 0.3) is 16.9 Å². The lowest BCUT2D eigenvalue weighted by Gasteiger charge is -2.04. The van der Waals surface area contributed by atoms with Crippen molar-refractivity contribution in [2.45, 2.75) is 25.8 Å². The number of nitrogens with one attached hydrogen (secondary N) is 1. The molecule has 1 aliphatic rings. The molecule has 29 heavy (non-hydrogen) atoms. The Hall–Kier alpha value is -3.25. The van der Waals surface area contributed by atoms with Crippen LogP contribution in [0.1, 0.15) is 33.2 Å². The molecule has 0 saturated heterocycles. The summed E-state index contributed by atoms with van der Waals surface area (Å²) in [6.07, 6.45) is 2.92. The molecule has 0 spiro atoms. The van der Waals surface area contributed by atoms with Gasteiger partial charge in [-0.05, 0) is 31.4 Å². The predicted molar refractivity (Wildman–Crippen MR) is 114 cm³/mol. The standard InChI is InChI=1S/C23H20N4OS/c28-23(24-14-21-25-19(15-29-21)16-8-3-1-4-9-16)22-18-12-7-13-20(18)27(26-22)17-10-5-2-6-11-17/h1-6,8-11,15H,7,12-14H2,(H,24,28). The molecule has 0 unspecified atom stereocenters. The van der Waals surface area contributed by atoms with Gasteiger partial charge in [0, 0.05) is 22.2 Å². The molecule has 0 saturated carbocycles. The fourth-order valence-corrected chi connectivity index (χ4v) is 4.52. The summed E-state index contributed by atoms with van der Waals surface area (Å²) in [5.41, 5.74) is 5.80. The lowest BCUT2D eigenvalue weighted by atomic mass is 10.2.